The number of fused-ring (bicyclic) bond motifs is 1. The molecule has 2 aromatic rings. The van der Waals surface area contributed by atoms with Crippen LogP contribution in [0, 0.1) is 0 Å². The second kappa shape index (κ2) is 6.32. The smallest absolute Gasteiger partial charge is 0.278 e. The van der Waals surface area contributed by atoms with Crippen LogP contribution in [0.5, 0.6) is 0 Å². The van der Waals surface area contributed by atoms with E-state index < -0.39 is 0 Å². The van der Waals surface area contributed by atoms with Crippen molar-refractivity contribution >= 4 is 10.9 Å². The van der Waals surface area contributed by atoms with Crippen molar-refractivity contribution in [1.82, 2.24) is 19.9 Å². The summed E-state index contributed by atoms with van der Waals surface area (Å²) < 4.78 is 1.43. The van der Waals surface area contributed by atoms with E-state index in [1.54, 1.807) is 12.1 Å². The molecule has 2 heterocycles. The molecule has 0 spiro atoms. The van der Waals surface area contributed by atoms with Crippen molar-refractivity contribution in [3.8, 4) is 0 Å². The van der Waals surface area contributed by atoms with E-state index >= 15 is 0 Å². The summed E-state index contributed by atoms with van der Waals surface area (Å²) in [4.78, 5) is 14.7. The van der Waals surface area contributed by atoms with Crippen molar-refractivity contribution in [2.24, 2.45) is 0 Å². The maximum Gasteiger partial charge on any atom is 0.278 e. The molecule has 1 aliphatic heterocycles. The third kappa shape index (κ3) is 2.96. The largest absolute Gasteiger partial charge is 0.396 e. The van der Waals surface area contributed by atoms with Crippen LogP contribution in [0.2, 0.25) is 0 Å². The van der Waals surface area contributed by atoms with Gasteiger partial charge in [0.15, 0.2) is 0 Å². The monoisotopic (exact) mass is 288 g/mol. The third-order valence-corrected chi connectivity index (χ3v) is 4.16. The maximum absolute atomic E-state index is 12.5. The Bertz CT molecular complexity index is 668. The second-order valence-electron chi connectivity index (χ2n) is 5.53. The van der Waals surface area contributed by atoms with Gasteiger partial charge in [-0.15, -0.1) is 5.10 Å². The minimum atomic E-state index is -0.103. The van der Waals surface area contributed by atoms with E-state index in [0.29, 0.717) is 23.6 Å². The molecule has 0 amide bonds. The van der Waals surface area contributed by atoms with Gasteiger partial charge in [0.25, 0.3) is 5.56 Å². The highest BCUT2D eigenvalue weighted by Gasteiger charge is 2.22. The van der Waals surface area contributed by atoms with Crippen molar-refractivity contribution < 1.29 is 5.11 Å². The number of aliphatic hydroxyl groups excluding tert-OH is 1. The van der Waals surface area contributed by atoms with Gasteiger partial charge in [-0.2, -0.15) is 4.68 Å². The molecule has 1 fully saturated rings. The molecule has 3 rings (SSSR count). The van der Waals surface area contributed by atoms with E-state index in [4.69, 9.17) is 0 Å². The first-order chi connectivity index (χ1) is 10.3. The molecule has 0 aliphatic carbocycles. The molecule has 6 heteroatoms. The molecule has 112 valence electrons. The van der Waals surface area contributed by atoms with Crippen LogP contribution in [0.3, 0.4) is 0 Å². The molecule has 6 nitrogen and oxygen atoms in total. The number of nitrogens with zero attached hydrogens (tertiary/aromatic N) is 4. The molecular formula is C15H20N4O2. The Morgan fingerprint density at radius 2 is 2.14 bits per heavy atom. The zero-order valence-corrected chi connectivity index (χ0v) is 12.0. The van der Waals surface area contributed by atoms with E-state index in [1.165, 1.54) is 11.1 Å². The average molecular weight is 288 g/mol. The number of aliphatic hydroxyl groups is 1. The van der Waals surface area contributed by atoms with E-state index in [2.05, 4.69) is 15.2 Å². The van der Waals surface area contributed by atoms with Crippen molar-refractivity contribution in [2.75, 3.05) is 13.2 Å². The summed E-state index contributed by atoms with van der Waals surface area (Å²) in [6.45, 7) is 1.56. The van der Waals surface area contributed by atoms with Gasteiger partial charge >= 0.3 is 0 Å². The number of benzene rings is 1. The molecule has 1 aliphatic rings. The lowest BCUT2D eigenvalue weighted by molar-refractivity contribution is 0.0809. The number of aromatic nitrogens is 3. The highest BCUT2D eigenvalue weighted by Crippen LogP contribution is 2.19. The molecule has 0 bridgehead atoms. The Morgan fingerprint density at radius 1 is 1.29 bits per heavy atom. The first kappa shape index (κ1) is 14.2. The molecule has 0 saturated carbocycles. The van der Waals surface area contributed by atoms with Crippen molar-refractivity contribution in [2.45, 2.75) is 38.4 Å². The van der Waals surface area contributed by atoms with Gasteiger partial charge < -0.3 is 5.11 Å². The number of rotatable bonds is 4. The maximum atomic E-state index is 12.5. The van der Waals surface area contributed by atoms with Crippen LogP contribution in [0.15, 0.2) is 29.1 Å². The fourth-order valence-corrected chi connectivity index (χ4v) is 3.01. The van der Waals surface area contributed by atoms with Gasteiger partial charge in [0.1, 0.15) is 5.52 Å². The van der Waals surface area contributed by atoms with Crippen LogP contribution < -0.4 is 5.56 Å². The molecule has 1 saturated heterocycles. The predicted octanol–water partition coefficient (Wildman–Crippen LogP) is 0.986. The summed E-state index contributed by atoms with van der Waals surface area (Å²) in [5.74, 6) is 0. The van der Waals surface area contributed by atoms with Crippen LogP contribution in [0.25, 0.3) is 10.9 Å². The normalized spacial score (nSPS) is 20.0. The number of piperidine rings is 1. The average Bonchev–Trinajstić information content (AvgIpc) is 2.52. The molecule has 1 atom stereocenters. The Hall–Kier alpha value is -1.79. The summed E-state index contributed by atoms with van der Waals surface area (Å²) >= 11 is 0. The Morgan fingerprint density at radius 3 is 3.00 bits per heavy atom. The SMILES string of the molecule is O=c1c2ccccc2nnn1CN1CCCCC1CCO. The lowest BCUT2D eigenvalue weighted by Gasteiger charge is -2.35. The van der Waals surface area contributed by atoms with Crippen LogP contribution in [-0.4, -0.2) is 44.2 Å². The van der Waals surface area contributed by atoms with Crippen molar-refractivity contribution in [3.05, 3.63) is 34.6 Å². The summed E-state index contributed by atoms with van der Waals surface area (Å²) in [7, 11) is 0. The number of hydrogen-bond acceptors (Lipinski definition) is 5. The van der Waals surface area contributed by atoms with Crippen LogP contribution >= 0.6 is 0 Å². The van der Waals surface area contributed by atoms with Gasteiger partial charge in [0, 0.05) is 19.2 Å². The minimum Gasteiger partial charge on any atom is -0.396 e. The third-order valence-electron chi connectivity index (χ3n) is 4.16. The standard InChI is InChI=1S/C15H20N4O2/c20-10-8-12-5-3-4-9-18(12)11-19-15(21)13-6-1-2-7-14(13)16-17-19/h1-2,6-7,12,20H,3-5,8-11H2. The molecule has 1 aromatic carbocycles. The van der Waals surface area contributed by atoms with Crippen LogP contribution in [0.1, 0.15) is 25.7 Å². The van der Waals surface area contributed by atoms with Gasteiger partial charge in [-0.05, 0) is 31.4 Å². The molecule has 1 aromatic heterocycles. The zero-order valence-electron chi connectivity index (χ0n) is 12.0. The van der Waals surface area contributed by atoms with E-state index in [0.717, 1.165) is 25.8 Å². The summed E-state index contributed by atoms with van der Waals surface area (Å²) in [5, 5.41) is 17.9. The van der Waals surface area contributed by atoms with Crippen molar-refractivity contribution in [1.29, 1.82) is 0 Å². The number of likely N-dealkylation sites (tertiary alicyclic amines) is 1. The van der Waals surface area contributed by atoms with E-state index in [1.807, 2.05) is 12.1 Å². The molecule has 0 radical (unpaired) electrons. The molecule has 1 N–H and O–H groups in total. The predicted molar refractivity (Wildman–Crippen MR) is 79.8 cm³/mol. The topological polar surface area (TPSA) is 71.2 Å². The van der Waals surface area contributed by atoms with E-state index in [-0.39, 0.29) is 12.2 Å². The second-order valence-corrected chi connectivity index (χ2v) is 5.53. The molecule has 21 heavy (non-hydrogen) atoms. The fraction of sp³-hybridized carbons (Fsp3) is 0.533. The van der Waals surface area contributed by atoms with Gasteiger partial charge in [-0.3, -0.25) is 9.69 Å². The summed E-state index contributed by atoms with van der Waals surface area (Å²) in [5.41, 5.74) is 0.526. The molecular weight excluding hydrogens is 268 g/mol. The Balaban J connectivity index is 1.87. The lowest BCUT2D eigenvalue weighted by atomic mass is 10.0. The fourth-order valence-electron chi connectivity index (χ4n) is 3.01. The summed E-state index contributed by atoms with van der Waals surface area (Å²) in [6, 6.07) is 7.59. The number of hydrogen-bond donors (Lipinski definition) is 1. The van der Waals surface area contributed by atoms with Gasteiger partial charge in [-0.1, -0.05) is 23.8 Å². The van der Waals surface area contributed by atoms with Gasteiger partial charge in [0.2, 0.25) is 0 Å². The Kier molecular flexibility index (Phi) is 4.26. The minimum absolute atomic E-state index is 0.103. The Labute approximate surface area is 123 Å². The zero-order chi connectivity index (χ0) is 14.7. The van der Waals surface area contributed by atoms with E-state index in [9.17, 15) is 9.90 Å². The van der Waals surface area contributed by atoms with Crippen LogP contribution in [0.4, 0.5) is 0 Å². The quantitative estimate of drug-likeness (QED) is 0.908. The lowest BCUT2D eigenvalue weighted by Crippen LogP contribution is -2.43. The highest BCUT2D eigenvalue weighted by atomic mass is 16.3. The first-order valence-electron chi connectivity index (χ1n) is 7.47. The van der Waals surface area contributed by atoms with Crippen LogP contribution in [-0.2, 0) is 6.67 Å². The highest BCUT2D eigenvalue weighted by molar-refractivity contribution is 5.76. The van der Waals surface area contributed by atoms with Gasteiger partial charge in [0.05, 0.1) is 12.1 Å². The molecule has 1 unspecified atom stereocenters. The van der Waals surface area contributed by atoms with Gasteiger partial charge in [-0.25, -0.2) is 0 Å². The van der Waals surface area contributed by atoms with Crippen molar-refractivity contribution in [3.63, 3.8) is 0 Å². The first-order valence-corrected chi connectivity index (χ1v) is 7.47. The summed E-state index contributed by atoms with van der Waals surface area (Å²) in [6.07, 6.45) is 4.11.